The summed E-state index contributed by atoms with van der Waals surface area (Å²) in [7, 11) is 0. The molecule has 1 amide bonds. The molecule has 0 saturated heterocycles. The number of hydrogen-bond acceptors (Lipinski definition) is 3. The molecule has 0 fully saturated rings. The fourth-order valence-corrected chi connectivity index (χ4v) is 1.99. The number of aromatic amines is 1. The van der Waals surface area contributed by atoms with Crippen molar-refractivity contribution in [2.45, 2.75) is 19.4 Å². The molecule has 0 saturated carbocycles. The number of imidazole rings is 1. The summed E-state index contributed by atoms with van der Waals surface area (Å²) in [6.45, 7) is 3.43. The molecule has 16 heavy (non-hydrogen) atoms. The SMILES string of the molecule is CC(C)(C(N)=O)n1c(=S)[nH]c2cccnc21. The first-order chi connectivity index (χ1) is 7.44. The van der Waals surface area contributed by atoms with E-state index in [2.05, 4.69) is 9.97 Å². The van der Waals surface area contributed by atoms with Crippen molar-refractivity contribution in [2.24, 2.45) is 5.73 Å². The van der Waals surface area contributed by atoms with Crippen LogP contribution >= 0.6 is 12.2 Å². The van der Waals surface area contributed by atoms with E-state index in [4.69, 9.17) is 18.0 Å². The van der Waals surface area contributed by atoms with Crippen LogP contribution in [0.15, 0.2) is 18.3 Å². The third kappa shape index (κ3) is 1.42. The maximum absolute atomic E-state index is 11.4. The van der Waals surface area contributed by atoms with Gasteiger partial charge in [-0.3, -0.25) is 9.36 Å². The second kappa shape index (κ2) is 3.41. The summed E-state index contributed by atoms with van der Waals surface area (Å²) in [5.74, 6) is -0.449. The number of H-pyrrole nitrogens is 1. The van der Waals surface area contributed by atoms with Crippen molar-refractivity contribution >= 4 is 29.3 Å². The van der Waals surface area contributed by atoms with Crippen molar-refractivity contribution in [2.75, 3.05) is 0 Å². The number of aromatic nitrogens is 3. The van der Waals surface area contributed by atoms with Gasteiger partial charge in [0.1, 0.15) is 5.54 Å². The number of pyridine rings is 1. The van der Waals surface area contributed by atoms with Crippen LogP contribution in [0.4, 0.5) is 0 Å². The van der Waals surface area contributed by atoms with Gasteiger partial charge in [0.05, 0.1) is 5.52 Å². The largest absolute Gasteiger partial charge is 0.368 e. The Kier molecular flexibility index (Phi) is 2.31. The second-order valence-electron chi connectivity index (χ2n) is 4.06. The summed E-state index contributed by atoms with van der Waals surface area (Å²) in [4.78, 5) is 18.6. The van der Waals surface area contributed by atoms with Crippen LogP contribution in [0.2, 0.25) is 0 Å². The molecule has 2 aromatic rings. The van der Waals surface area contributed by atoms with Crippen molar-refractivity contribution in [1.82, 2.24) is 14.5 Å². The molecule has 0 aliphatic heterocycles. The summed E-state index contributed by atoms with van der Waals surface area (Å²) >= 11 is 5.18. The van der Waals surface area contributed by atoms with Gasteiger partial charge in [-0.2, -0.15) is 0 Å². The van der Waals surface area contributed by atoms with Gasteiger partial charge in [-0.25, -0.2) is 4.98 Å². The molecule has 6 heteroatoms. The molecule has 0 atom stereocenters. The van der Waals surface area contributed by atoms with E-state index >= 15 is 0 Å². The minimum atomic E-state index is -0.899. The number of carbonyl (C=O) groups is 1. The smallest absolute Gasteiger partial charge is 0.243 e. The minimum absolute atomic E-state index is 0.442. The van der Waals surface area contributed by atoms with Gasteiger partial charge in [-0.1, -0.05) is 0 Å². The van der Waals surface area contributed by atoms with Gasteiger partial charge in [0.2, 0.25) is 5.91 Å². The molecule has 2 rings (SSSR count). The van der Waals surface area contributed by atoms with Crippen LogP contribution in [0.5, 0.6) is 0 Å². The molecular weight excluding hydrogens is 224 g/mol. The summed E-state index contributed by atoms with van der Waals surface area (Å²) in [5.41, 5.74) is 5.90. The van der Waals surface area contributed by atoms with Crippen LogP contribution in [0.3, 0.4) is 0 Å². The normalized spacial score (nSPS) is 11.9. The minimum Gasteiger partial charge on any atom is -0.368 e. The van der Waals surface area contributed by atoms with Crippen LogP contribution in [-0.4, -0.2) is 20.4 Å². The third-order valence-corrected chi connectivity index (χ3v) is 2.89. The lowest BCUT2D eigenvalue weighted by atomic mass is 10.1. The number of carbonyl (C=O) groups excluding carboxylic acids is 1. The highest BCUT2D eigenvalue weighted by molar-refractivity contribution is 7.71. The van der Waals surface area contributed by atoms with Crippen molar-refractivity contribution in [3.05, 3.63) is 23.1 Å². The van der Waals surface area contributed by atoms with E-state index in [-0.39, 0.29) is 0 Å². The second-order valence-corrected chi connectivity index (χ2v) is 4.45. The number of amides is 1. The van der Waals surface area contributed by atoms with Crippen LogP contribution in [-0.2, 0) is 10.3 Å². The monoisotopic (exact) mass is 236 g/mol. The molecule has 84 valence electrons. The third-order valence-electron chi connectivity index (χ3n) is 2.61. The molecule has 0 bridgehead atoms. The average molecular weight is 236 g/mol. The van der Waals surface area contributed by atoms with Crippen LogP contribution in [0, 0.1) is 4.77 Å². The fraction of sp³-hybridized carbons (Fsp3) is 0.300. The van der Waals surface area contributed by atoms with Crippen LogP contribution in [0.25, 0.3) is 11.2 Å². The van der Waals surface area contributed by atoms with E-state index in [1.807, 2.05) is 6.07 Å². The van der Waals surface area contributed by atoms with Crippen LogP contribution in [0.1, 0.15) is 13.8 Å². The van der Waals surface area contributed by atoms with E-state index in [0.29, 0.717) is 10.4 Å². The Morgan fingerprint density at radius 2 is 2.31 bits per heavy atom. The number of nitrogens with two attached hydrogens (primary N) is 1. The number of primary amides is 1. The summed E-state index contributed by atoms with van der Waals surface area (Å²) < 4.78 is 2.08. The highest BCUT2D eigenvalue weighted by Gasteiger charge is 2.30. The quantitative estimate of drug-likeness (QED) is 0.772. The molecular formula is C10H12N4OS. The van der Waals surface area contributed by atoms with Crippen molar-refractivity contribution in [3.8, 4) is 0 Å². The number of nitrogens with zero attached hydrogens (tertiary/aromatic N) is 2. The van der Waals surface area contributed by atoms with Gasteiger partial charge >= 0.3 is 0 Å². The topological polar surface area (TPSA) is 76.7 Å². The Morgan fingerprint density at radius 1 is 1.62 bits per heavy atom. The summed E-state index contributed by atoms with van der Waals surface area (Å²) in [5, 5.41) is 0. The van der Waals surface area contributed by atoms with E-state index in [0.717, 1.165) is 5.52 Å². The Hall–Kier alpha value is -1.69. The van der Waals surface area contributed by atoms with Gasteiger partial charge in [-0.15, -0.1) is 0 Å². The maximum atomic E-state index is 11.4. The van der Waals surface area contributed by atoms with E-state index in [9.17, 15) is 4.79 Å². The van der Waals surface area contributed by atoms with Gasteiger partial charge in [0.25, 0.3) is 0 Å². The average Bonchev–Trinajstić information content (AvgIpc) is 2.53. The zero-order valence-corrected chi connectivity index (χ0v) is 9.84. The highest BCUT2D eigenvalue weighted by atomic mass is 32.1. The van der Waals surface area contributed by atoms with Crippen molar-refractivity contribution < 1.29 is 4.79 Å². The Labute approximate surface area is 97.3 Å². The predicted molar refractivity (Wildman–Crippen MR) is 63.4 cm³/mol. The Morgan fingerprint density at radius 3 is 2.94 bits per heavy atom. The first-order valence-electron chi connectivity index (χ1n) is 4.80. The molecule has 2 aromatic heterocycles. The van der Waals surface area contributed by atoms with Gasteiger partial charge in [-0.05, 0) is 38.2 Å². The zero-order valence-electron chi connectivity index (χ0n) is 9.02. The Balaban J connectivity index is 2.83. The molecule has 0 radical (unpaired) electrons. The number of hydrogen-bond donors (Lipinski definition) is 2. The van der Waals surface area contributed by atoms with Gasteiger partial charge < -0.3 is 10.7 Å². The Bertz CT molecular complexity index is 611. The molecule has 0 aliphatic carbocycles. The van der Waals surface area contributed by atoms with Gasteiger partial charge in [0, 0.05) is 6.20 Å². The molecule has 0 aromatic carbocycles. The van der Waals surface area contributed by atoms with E-state index in [1.165, 1.54) is 0 Å². The molecule has 0 unspecified atom stereocenters. The number of fused-ring (bicyclic) bond motifs is 1. The first-order valence-corrected chi connectivity index (χ1v) is 5.21. The number of nitrogens with one attached hydrogen (secondary N) is 1. The highest BCUT2D eigenvalue weighted by Crippen LogP contribution is 2.21. The maximum Gasteiger partial charge on any atom is 0.243 e. The molecule has 3 N–H and O–H groups in total. The predicted octanol–water partition coefficient (Wildman–Crippen LogP) is 1.31. The summed E-state index contributed by atoms with van der Waals surface area (Å²) in [6.07, 6.45) is 1.65. The molecule has 5 nitrogen and oxygen atoms in total. The molecule has 0 aliphatic rings. The van der Waals surface area contributed by atoms with Crippen molar-refractivity contribution in [3.63, 3.8) is 0 Å². The van der Waals surface area contributed by atoms with E-state index in [1.54, 1.807) is 30.7 Å². The van der Waals surface area contributed by atoms with Gasteiger partial charge in [0.15, 0.2) is 10.4 Å². The van der Waals surface area contributed by atoms with Crippen LogP contribution < -0.4 is 5.73 Å². The molecule has 0 spiro atoms. The lowest BCUT2D eigenvalue weighted by Gasteiger charge is -2.22. The number of rotatable bonds is 2. The zero-order chi connectivity index (χ0) is 11.9. The first kappa shape index (κ1) is 10.8. The summed E-state index contributed by atoms with van der Waals surface area (Å²) in [6, 6.07) is 3.65. The lowest BCUT2D eigenvalue weighted by molar-refractivity contribution is -0.124. The van der Waals surface area contributed by atoms with E-state index < -0.39 is 11.4 Å². The lowest BCUT2D eigenvalue weighted by Crippen LogP contribution is -2.41. The molecule has 2 heterocycles. The van der Waals surface area contributed by atoms with Crippen molar-refractivity contribution in [1.29, 1.82) is 0 Å². The fourth-order valence-electron chi connectivity index (χ4n) is 1.57. The standard InChI is InChI=1S/C10H12N4OS/c1-10(2,8(11)15)14-7-6(13-9(14)16)4-3-5-12-7/h3-5H,1-2H3,(H2,11,15)(H,13,16).